The fourth-order valence-corrected chi connectivity index (χ4v) is 1.84. The van der Waals surface area contributed by atoms with E-state index in [0.717, 1.165) is 5.46 Å². The zero-order valence-electron chi connectivity index (χ0n) is 5.37. The van der Waals surface area contributed by atoms with Gasteiger partial charge in [0.25, 0.3) is 0 Å². The first-order valence-corrected chi connectivity index (χ1v) is 3.97. The van der Waals surface area contributed by atoms with Gasteiger partial charge in [0.15, 0.2) is 0 Å². The SMILES string of the molecule is [B]c1cccc2sccc12. The summed E-state index contributed by atoms with van der Waals surface area (Å²) in [6.07, 6.45) is 0. The minimum absolute atomic E-state index is 0.874. The second-order valence-corrected chi connectivity index (χ2v) is 3.13. The molecule has 0 aliphatic heterocycles. The van der Waals surface area contributed by atoms with Crippen LogP contribution in [-0.4, -0.2) is 7.85 Å². The van der Waals surface area contributed by atoms with Crippen LogP contribution in [-0.2, 0) is 0 Å². The first-order chi connectivity index (χ1) is 4.88. The summed E-state index contributed by atoms with van der Waals surface area (Å²) in [5.74, 6) is 0. The Kier molecular flexibility index (Phi) is 1.28. The Morgan fingerprint density at radius 2 is 2.10 bits per heavy atom. The predicted octanol–water partition coefficient (Wildman–Crippen LogP) is 1.70. The van der Waals surface area contributed by atoms with Gasteiger partial charge in [-0.1, -0.05) is 17.6 Å². The van der Waals surface area contributed by atoms with Crippen LogP contribution in [0.2, 0.25) is 0 Å². The van der Waals surface area contributed by atoms with E-state index in [-0.39, 0.29) is 0 Å². The molecule has 2 aromatic rings. The molecule has 2 rings (SSSR count). The lowest BCUT2D eigenvalue weighted by Gasteiger charge is -1.92. The summed E-state index contributed by atoms with van der Waals surface area (Å²) in [6, 6.07) is 8.04. The lowest BCUT2D eigenvalue weighted by molar-refractivity contribution is 1.92. The minimum Gasteiger partial charge on any atom is -0.144 e. The average Bonchev–Trinajstić information content (AvgIpc) is 2.36. The Balaban J connectivity index is 2.95. The molecule has 2 heteroatoms. The number of thiophene rings is 1. The Hall–Kier alpha value is -0.755. The molecule has 0 nitrogen and oxygen atoms in total. The average molecular weight is 144 g/mol. The van der Waals surface area contributed by atoms with Gasteiger partial charge in [-0.3, -0.25) is 0 Å². The van der Waals surface area contributed by atoms with Gasteiger partial charge in [-0.05, 0) is 22.9 Å². The second-order valence-electron chi connectivity index (χ2n) is 2.18. The Bertz CT molecular complexity index is 351. The third-order valence-corrected chi connectivity index (χ3v) is 2.41. The van der Waals surface area contributed by atoms with E-state index >= 15 is 0 Å². The van der Waals surface area contributed by atoms with Gasteiger partial charge < -0.3 is 0 Å². The Labute approximate surface area is 64.9 Å². The summed E-state index contributed by atoms with van der Waals surface area (Å²) >= 11 is 1.72. The van der Waals surface area contributed by atoms with Crippen molar-refractivity contribution in [3.8, 4) is 0 Å². The van der Waals surface area contributed by atoms with Crippen molar-refractivity contribution in [3.05, 3.63) is 29.6 Å². The number of benzene rings is 1. The zero-order chi connectivity index (χ0) is 6.97. The van der Waals surface area contributed by atoms with Crippen LogP contribution >= 0.6 is 11.3 Å². The molecule has 0 saturated carbocycles. The quantitative estimate of drug-likeness (QED) is 0.493. The van der Waals surface area contributed by atoms with Gasteiger partial charge in [0.2, 0.25) is 0 Å². The lowest BCUT2D eigenvalue weighted by Crippen LogP contribution is -2.00. The summed E-state index contributed by atoms with van der Waals surface area (Å²) in [5.41, 5.74) is 0.874. The molecule has 0 spiro atoms. The topological polar surface area (TPSA) is 0 Å². The summed E-state index contributed by atoms with van der Waals surface area (Å²) in [5, 5.41) is 3.23. The van der Waals surface area contributed by atoms with Crippen molar-refractivity contribution in [2.24, 2.45) is 0 Å². The molecule has 10 heavy (non-hydrogen) atoms. The van der Waals surface area contributed by atoms with Gasteiger partial charge in [-0.25, -0.2) is 0 Å². The maximum Gasteiger partial charge on any atom is 0.114 e. The number of hydrogen-bond acceptors (Lipinski definition) is 1. The molecular weight excluding hydrogens is 139 g/mol. The lowest BCUT2D eigenvalue weighted by atomic mass is 9.93. The largest absolute Gasteiger partial charge is 0.144 e. The number of rotatable bonds is 0. The van der Waals surface area contributed by atoms with Gasteiger partial charge in [-0.2, -0.15) is 0 Å². The van der Waals surface area contributed by atoms with E-state index in [0.29, 0.717) is 0 Å². The Morgan fingerprint density at radius 3 is 2.90 bits per heavy atom. The van der Waals surface area contributed by atoms with Crippen molar-refractivity contribution in [3.63, 3.8) is 0 Å². The van der Waals surface area contributed by atoms with Crippen LogP contribution in [0, 0.1) is 0 Å². The van der Waals surface area contributed by atoms with E-state index in [2.05, 4.69) is 17.5 Å². The fraction of sp³-hybridized carbons (Fsp3) is 0. The van der Waals surface area contributed by atoms with Crippen LogP contribution in [0.3, 0.4) is 0 Å². The molecule has 0 N–H and O–H groups in total. The molecule has 0 fully saturated rings. The second kappa shape index (κ2) is 2.13. The van der Waals surface area contributed by atoms with Crippen molar-refractivity contribution in [1.29, 1.82) is 0 Å². The van der Waals surface area contributed by atoms with E-state index in [4.69, 9.17) is 7.85 Å². The highest BCUT2D eigenvalue weighted by atomic mass is 32.1. The highest BCUT2D eigenvalue weighted by Crippen LogP contribution is 2.17. The van der Waals surface area contributed by atoms with Crippen molar-refractivity contribution in [1.82, 2.24) is 0 Å². The molecular formula is C8H5BS. The monoisotopic (exact) mass is 144 g/mol. The molecule has 1 heterocycles. The molecule has 0 amide bonds. The fourth-order valence-electron chi connectivity index (χ4n) is 1.02. The van der Waals surface area contributed by atoms with Crippen molar-refractivity contribution < 1.29 is 0 Å². The molecule has 0 aliphatic rings. The molecule has 0 saturated heterocycles. The van der Waals surface area contributed by atoms with Crippen LogP contribution in [0.5, 0.6) is 0 Å². The van der Waals surface area contributed by atoms with E-state index in [1.165, 1.54) is 10.1 Å². The van der Waals surface area contributed by atoms with Gasteiger partial charge >= 0.3 is 0 Å². The first-order valence-electron chi connectivity index (χ1n) is 3.09. The maximum atomic E-state index is 5.71. The summed E-state index contributed by atoms with van der Waals surface area (Å²) < 4.78 is 1.26. The molecule has 0 unspecified atom stereocenters. The van der Waals surface area contributed by atoms with E-state index in [1.807, 2.05) is 12.1 Å². The van der Waals surface area contributed by atoms with Crippen LogP contribution in [0.25, 0.3) is 10.1 Å². The third-order valence-electron chi connectivity index (χ3n) is 1.53. The van der Waals surface area contributed by atoms with Crippen molar-refractivity contribution >= 4 is 34.7 Å². The van der Waals surface area contributed by atoms with Crippen LogP contribution < -0.4 is 5.46 Å². The predicted molar refractivity (Wildman–Crippen MR) is 47.2 cm³/mol. The maximum absolute atomic E-state index is 5.71. The smallest absolute Gasteiger partial charge is 0.114 e. The zero-order valence-corrected chi connectivity index (χ0v) is 6.19. The molecule has 0 aliphatic carbocycles. The van der Waals surface area contributed by atoms with E-state index < -0.39 is 0 Å². The van der Waals surface area contributed by atoms with E-state index in [9.17, 15) is 0 Å². The first kappa shape index (κ1) is 5.99. The highest BCUT2D eigenvalue weighted by molar-refractivity contribution is 7.17. The van der Waals surface area contributed by atoms with Crippen LogP contribution in [0.4, 0.5) is 0 Å². The molecule has 2 radical (unpaired) electrons. The van der Waals surface area contributed by atoms with Crippen LogP contribution in [0.15, 0.2) is 29.6 Å². The van der Waals surface area contributed by atoms with Gasteiger partial charge in [0, 0.05) is 4.70 Å². The van der Waals surface area contributed by atoms with Crippen LogP contribution in [0.1, 0.15) is 0 Å². The van der Waals surface area contributed by atoms with Gasteiger partial charge in [0.1, 0.15) is 7.85 Å². The third kappa shape index (κ3) is 0.763. The summed E-state index contributed by atoms with van der Waals surface area (Å²) in [4.78, 5) is 0. The normalized spacial score (nSPS) is 10.4. The minimum atomic E-state index is 0.874. The summed E-state index contributed by atoms with van der Waals surface area (Å²) in [6.45, 7) is 0. The standard InChI is InChI=1S/C8H5BS/c9-7-2-1-3-8-6(7)4-5-10-8/h1-5H. The van der Waals surface area contributed by atoms with Gasteiger partial charge in [0.05, 0.1) is 0 Å². The Morgan fingerprint density at radius 1 is 1.20 bits per heavy atom. The van der Waals surface area contributed by atoms with Crippen molar-refractivity contribution in [2.45, 2.75) is 0 Å². The van der Waals surface area contributed by atoms with E-state index in [1.54, 1.807) is 11.3 Å². The molecule has 1 aromatic heterocycles. The molecule has 0 atom stereocenters. The number of fused-ring (bicyclic) bond motifs is 1. The number of hydrogen-bond donors (Lipinski definition) is 0. The summed E-state index contributed by atoms with van der Waals surface area (Å²) in [7, 11) is 5.71. The molecule has 1 aromatic carbocycles. The van der Waals surface area contributed by atoms with Crippen molar-refractivity contribution in [2.75, 3.05) is 0 Å². The van der Waals surface area contributed by atoms with Gasteiger partial charge in [-0.15, -0.1) is 11.3 Å². The highest BCUT2D eigenvalue weighted by Gasteiger charge is 1.94. The molecule has 0 bridgehead atoms. The molecule has 46 valence electrons.